The average molecular weight is 252 g/mol. The molecule has 100 valence electrons. The van der Waals surface area contributed by atoms with Gasteiger partial charge in [-0.1, -0.05) is 12.1 Å². The van der Waals surface area contributed by atoms with E-state index in [1.165, 1.54) is 7.11 Å². The highest BCUT2D eigenvalue weighted by atomic mass is 16.5. The Balaban J connectivity index is 3.11. The Hall–Kier alpha value is -1.55. The second-order valence-electron chi connectivity index (χ2n) is 4.38. The summed E-state index contributed by atoms with van der Waals surface area (Å²) in [4.78, 5) is 12.0. The fraction of sp³-hybridized carbons (Fsp3) is 0.500. The van der Waals surface area contributed by atoms with Crippen molar-refractivity contribution in [3.63, 3.8) is 0 Å². The van der Waals surface area contributed by atoms with Gasteiger partial charge in [0.05, 0.1) is 19.6 Å². The molecule has 0 aromatic heterocycles. The summed E-state index contributed by atoms with van der Waals surface area (Å²) < 4.78 is 10.0. The van der Waals surface area contributed by atoms with Crippen molar-refractivity contribution in [2.45, 2.75) is 25.2 Å². The van der Waals surface area contributed by atoms with Crippen LogP contribution in [-0.2, 0) is 14.9 Å². The van der Waals surface area contributed by atoms with Crippen molar-refractivity contribution in [1.82, 2.24) is 0 Å². The van der Waals surface area contributed by atoms with Crippen LogP contribution in [0.5, 0.6) is 5.75 Å². The van der Waals surface area contributed by atoms with E-state index in [-0.39, 0.29) is 12.6 Å². The van der Waals surface area contributed by atoms with Crippen LogP contribution in [0.15, 0.2) is 24.3 Å². The van der Waals surface area contributed by atoms with Gasteiger partial charge in [0.25, 0.3) is 0 Å². The first-order valence-corrected chi connectivity index (χ1v) is 5.92. The highest BCUT2D eigenvalue weighted by molar-refractivity contribution is 5.82. The van der Waals surface area contributed by atoms with E-state index in [0.29, 0.717) is 18.6 Å². The molecule has 0 saturated carbocycles. The number of esters is 1. The second-order valence-corrected chi connectivity index (χ2v) is 4.38. The van der Waals surface area contributed by atoms with Crippen LogP contribution in [0.2, 0.25) is 0 Å². The first-order chi connectivity index (χ1) is 8.58. The van der Waals surface area contributed by atoms with Crippen LogP contribution in [0, 0.1) is 0 Å². The van der Waals surface area contributed by atoms with E-state index in [1.54, 1.807) is 7.11 Å². The predicted octanol–water partition coefficient (Wildman–Crippen LogP) is 1.90. The SMILES string of the molecule is COC(=O)[C@@](C)(CCCO)c1cccc(OC)c1. The minimum Gasteiger partial charge on any atom is -0.497 e. The van der Waals surface area contributed by atoms with Crippen LogP contribution in [0.3, 0.4) is 0 Å². The fourth-order valence-electron chi connectivity index (χ4n) is 1.99. The van der Waals surface area contributed by atoms with Crippen molar-refractivity contribution in [3.05, 3.63) is 29.8 Å². The summed E-state index contributed by atoms with van der Waals surface area (Å²) in [5, 5.41) is 8.95. The minimum atomic E-state index is -0.758. The summed E-state index contributed by atoms with van der Waals surface area (Å²) in [6.07, 6.45) is 1.08. The molecule has 18 heavy (non-hydrogen) atoms. The van der Waals surface area contributed by atoms with Crippen molar-refractivity contribution in [2.24, 2.45) is 0 Å². The van der Waals surface area contributed by atoms with Gasteiger partial charge in [-0.3, -0.25) is 4.79 Å². The molecule has 0 radical (unpaired) electrons. The van der Waals surface area contributed by atoms with Crippen LogP contribution in [0.25, 0.3) is 0 Å². The fourth-order valence-corrected chi connectivity index (χ4v) is 1.99. The van der Waals surface area contributed by atoms with Gasteiger partial charge in [-0.2, -0.15) is 0 Å². The van der Waals surface area contributed by atoms with E-state index in [0.717, 1.165) is 5.56 Å². The Morgan fingerprint density at radius 3 is 2.67 bits per heavy atom. The predicted molar refractivity (Wildman–Crippen MR) is 68.7 cm³/mol. The van der Waals surface area contributed by atoms with E-state index >= 15 is 0 Å². The second kappa shape index (κ2) is 6.40. The standard InChI is InChI=1S/C14H20O4/c1-14(8-5-9-15,13(16)18-3)11-6-4-7-12(10-11)17-2/h4,6-7,10,15H,5,8-9H2,1-3H3/t14-/m0/s1. The topological polar surface area (TPSA) is 55.8 Å². The molecule has 1 aromatic carbocycles. The van der Waals surface area contributed by atoms with E-state index in [2.05, 4.69) is 0 Å². The van der Waals surface area contributed by atoms with Crippen LogP contribution in [-0.4, -0.2) is 31.9 Å². The van der Waals surface area contributed by atoms with E-state index < -0.39 is 5.41 Å². The van der Waals surface area contributed by atoms with Crippen LogP contribution < -0.4 is 4.74 Å². The summed E-state index contributed by atoms with van der Waals surface area (Å²) in [7, 11) is 2.96. The average Bonchev–Trinajstić information content (AvgIpc) is 2.43. The highest BCUT2D eigenvalue weighted by Crippen LogP contribution is 2.32. The number of rotatable bonds is 6. The summed E-state index contributed by atoms with van der Waals surface area (Å²) >= 11 is 0. The highest BCUT2D eigenvalue weighted by Gasteiger charge is 2.36. The Morgan fingerprint density at radius 2 is 2.11 bits per heavy atom. The lowest BCUT2D eigenvalue weighted by Gasteiger charge is -2.27. The maximum Gasteiger partial charge on any atom is 0.315 e. The van der Waals surface area contributed by atoms with Crippen molar-refractivity contribution in [2.75, 3.05) is 20.8 Å². The van der Waals surface area contributed by atoms with Gasteiger partial charge in [0.15, 0.2) is 0 Å². The molecule has 0 fully saturated rings. The number of methoxy groups -OCH3 is 2. The molecule has 1 rings (SSSR count). The van der Waals surface area contributed by atoms with Crippen molar-refractivity contribution in [1.29, 1.82) is 0 Å². The van der Waals surface area contributed by atoms with Gasteiger partial charge in [0.2, 0.25) is 0 Å². The number of carbonyl (C=O) groups is 1. The summed E-state index contributed by atoms with van der Waals surface area (Å²) in [5.41, 5.74) is 0.0774. The van der Waals surface area contributed by atoms with Crippen molar-refractivity contribution in [3.8, 4) is 5.75 Å². The van der Waals surface area contributed by atoms with E-state index in [4.69, 9.17) is 14.6 Å². The van der Waals surface area contributed by atoms with Crippen LogP contribution >= 0.6 is 0 Å². The molecule has 1 N–H and O–H groups in total. The van der Waals surface area contributed by atoms with Crippen LogP contribution in [0.1, 0.15) is 25.3 Å². The number of ether oxygens (including phenoxy) is 2. The Kier molecular flexibility index (Phi) is 5.16. The quantitative estimate of drug-likeness (QED) is 0.786. The lowest BCUT2D eigenvalue weighted by atomic mass is 9.78. The molecule has 4 heteroatoms. The minimum absolute atomic E-state index is 0.0521. The van der Waals surface area contributed by atoms with Crippen molar-refractivity contribution >= 4 is 5.97 Å². The Labute approximate surface area is 108 Å². The first kappa shape index (κ1) is 14.5. The van der Waals surface area contributed by atoms with Gasteiger partial charge in [-0.05, 0) is 37.5 Å². The number of aliphatic hydroxyl groups excluding tert-OH is 1. The molecule has 1 aromatic rings. The third kappa shape index (κ3) is 3.01. The van der Waals surface area contributed by atoms with Gasteiger partial charge >= 0.3 is 5.97 Å². The van der Waals surface area contributed by atoms with Crippen molar-refractivity contribution < 1.29 is 19.4 Å². The number of benzene rings is 1. The molecule has 1 atom stereocenters. The number of carbonyl (C=O) groups excluding carboxylic acids is 1. The Bertz CT molecular complexity index is 403. The lowest BCUT2D eigenvalue weighted by Crippen LogP contribution is -2.34. The number of hydrogen-bond donors (Lipinski definition) is 1. The first-order valence-electron chi connectivity index (χ1n) is 5.92. The van der Waals surface area contributed by atoms with Crippen LogP contribution in [0.4, 0.5) is 0 Å². The summed E-state index contributed by atoms with van der Waals surface area (Å²) in [6.45, 7) is 1.87. The molecule has 0 heterocycles. The van der Waals surface area contributed by atoms with Gasteiger partial charge in [-0.15, -0.1) is 0 Å². The molecule has 0 aliphatic carbocycles. The lowest BCUT2D eigenvalue weighted by molar-refractivity contribution is -0.147. The van der Waals surface area contributed by atoms with Gasteiger partial charge in [0, 0.05) is 6.61 Å². The maximum atomic E-state index is 12.0. The van der Waals surface area contributed by atoms with E-state index in [9.17, 15) is 4.79 Å². The normalized spacial score (nSPS) is 13.8. The summed E-state index contributed by atoms with van der Waals surface area (Å²) in [6, 6.07) is 7.37. The smallest absolute Gasteiger partial charge is 0.315 e. The molecule has 0 amide bonds. The zero-order valence-electron chi connectivity index (χ0n) is 11.1. The molecule has 0 saturated heterocycles. The molecular formula is C14H20O4. The third-order valence-electron chi connectivity index (χ3n) is 3.18. The molecule has 0 spiro atoms. The molecule has 0 unspecified atom stereocenters. The molecule has 4 nitrogen and oxygen atoms in total. The number of hydrogen-bond acceptors (Lipinski definition) is 4. The largest absolute Gasteiger partial charge is 0.497 e. The zero-order valence-corrected chi connectivity index (χ0v) is 11.1. The third-order valence-corrected chi connectivity index (χ3v) is 3.18. The summed E-state index contributed by atoms with van der Waals surface area (Å²) in [5.74, 6) is 0.399. The molecule has 0 bridgehead atoms. The Morgan fingerprint density at radius 1 is 1.39 bits per heavy atom. The zero-order chi connectivity index (χ0) is 13.6. The van der Waals surface area contributed by atoms with Gasteiger partial charge < -0.3 is 14.6 Å². The maximum absolute atomic E-state index is 12.0. The molecule has 0 aliphatic rings. The van der Waals surface area contributed by atoms with Gasteiger partial charge in [-0.25, -0.2) is 0 Å². The van der Waals surface area contributed by atoms with Gasteiger partial charge in [0.1, 0.15) is 5.75 Å². The molecule has 0 aliphatic heterocycles. The number of aliphatic hydroxyl groups is 1. The molecular weight excluding hydrogens is 232 g/mol. The van der Waals surface area contributed by atoms with E-state index in [1.807, 2.05) is 31.2 Å². The monoisotopic (exact) mass is 252 g/mol.